The summed E-state index contributed by atoms with van der Waals surface area (Å²) in [4.78, 5) is 2.48. The Bertz CT molecular complexity index is 348. The second-order valence-electron chi connectivity index (χ2n) is 5.11. The van der Waals surface area contributed by atoms with Crippen LogP contribution in [0.4, 0.5) is 0 Å². The maximum Gasteiger partial charge on any atom is 0.0681 e. The van der Waals surface area contributed by atoms with Crippen LogP contribution in [-0.2, 0) is 13.2 Å². The number of benzene rings is 1. The van der Waals surface area contributed by atoms with Crippen molar-refractivity contribution in [3.63, 3.8) is 0 Å². The first-order valence-corrected chi connectivity index (χ1v) is 6.87. The van der Waals surface area contributed by atoms with E-state index in [2.05, 4.69) is 17.0 Å². The van der Waals surface area contributed by atoms with Crippen molar-refractivity contribution in [3.05, 3.63) is 35.4 Å². The lowest BCUT2D eigenvalue weighted by atomic mass is 9.98. The largest absolute Gasteiger partial charge is 0.396 e. The first-order chi connectivity index (χ1) is 8.83. The predicted octanol–water partition coefficient (Wildman–Crippen LogP) is 1.92. The summed E-state index contributed by atoms with van der Waals surface area (Å²) in [5.74, 6) is 0. The lowest BCUT2D eigenvalue weighted by Crippen LogP contribution is -2.39. The van der Waals surface area contributed by atoms with Crippen molar-refractivity contribution in [3.8, 4) is 0 Å². The van der Waals surface area contributed by atoms with Crippen molar-refractivity contribution in [2.75, 3.05) is 13.2 Å². The van der Waals surface area contributed by atoms with Crippen molar-refractivity contribution in [2.45, 2.75) is 44.9 Å². The molecule has 3 nitrogen and oxygen atoms in total. The standard InChI is InChI=1S/C15H23NO2/c17-10-8-15-3-1-2-9-16(15)11-13-4-6-14(12-18)7-5-13/h4-7,15,17-18H,1-3,8-12H2. The Kier molecular flexibility index (Phi) is 5.17. The minimum absolute atomic E-state index is 0.108. The number of hydrogen-bond acceptors (Lipinski definition) is 3. The normalized spacial score (nSPS) is 21.1. The second kappa shape index (κ2) is 6.88. The average molecular weight is 249 g/mol. The summed E-state index contributed by atoms with van der Waals surface area (Å²) in [6.45, 7) is 2.48. The topological polar surface area (TPSA) is 43.7 Å². The Morgan fingerprint density at radius 3 is 2.44 bits per heavy atom. The SMILES string of the molecule is OCCC1CCCCN1Cc1ccc(CO)cc1. The summed E-state index contributed by atoms with van der Waals surface area (Å²) in [5, 5.41) is 18.1. The first-order valence-electron chi connectivity index (χ1n) is 6.87. The Balaban J connectivity index is 1.96. The smallest absolute Gasteiger partial charge is 0.0681 e. The van der Waals surface area contributed by atoms with E-state index in [0.29, 0.717) is 6.04 Å². The van der Waals surface area contributed by atoms with Crippen LogP contribution in [-0.4, -0.2) is 34.3 Å². The van der Waals surface area contributed by atoms with E-state index in [-0.39, 0.29) is 13.2 Å². The molecule has 1 heterocycles. The zero-order valence-electron chi connectivity index (χ0n) is 10.9. The van der Waals surface area contributed by atoms with Gasteiger partial charge in [-0.3, -0.25) is 4.90 Å². The summed E-state index contributed by atoms with van der Waals surface area (Å²) in [5.41, 5.74) is 2.25. The molecule has 0 amide bonds. The van der Waals surface area contributed by atoms with E-state index in [1.165, 1.54) is 24.8 Å². The van der Waals surface area contributed by atoms with E-state index in [0.717, 1.165) is 25.1 Å². The number of aliphatic hydroxyl groups excluding tert-OH is 2. The molecule has 1 aromatic carbocycles. The maximum absolute atomic E-state index is 9.12. The van der Waals surface area contributed by atoms with Gasteiger partial charge in [0.1, 0.15) is 0 Å². The minimum atomic E-state index is 0.108. The Morgan fingerprint density at radius 2 is 1.78 bits per heavy atom. The summed E-state index contributed by atoms with van der Waals surface area (Å²) in [6.07, 6.45) is 4.63. The van der Waals surface area contributed by atoms with Gasteiger partial charge in [-0.2, -0.15) is 0 Å². The molecule has 0 spiro atoms. The van der Waals surface area contributed by atoms with Crippen molar-refractivity contribution in [1.29, 1.82) is 0 Å². The van der Waals surface area contributed by atoms with Crippen LogP contribution in [0.15, 0.2) is 24.3 Å². The lowest BCUT2D eigenvalue weighted by molar-refractivity contribution is 0.112. The van der Waals surface area contributed by atoms with E-state index in [4.69, 9.17) is 10.2 Å². The number of hydrogen-bond donors (Lipinski definition) is 2. The van der Waals surface area contributed by atoms with Crippen LogP contribution in [0.25, 0.3) is 0 Å². The number of aliphatic hydroxyl groups is 2. The number of piperidine rings is 1. The molecule has 18 heavy (non-hydrogen) atoms. The van der Waals surface area contributed by atoms with Crippen LogP contribution in [0.2, 0.25) is 0 Å². The first kappa shape index (κ1) is 13.5. The fraction of sp³-hybridized carbons (Fsp3) is 0.600. The molecular formula is C15H23NO2. The van der Waals surface area contributed by atoms with Gasteiger partial charge in [0.05, 0.1) is 6.61 Å². The molecule has 0 aliphatic carbocycles. The van der Waals surface area contributed by atoms with Crippen molar-refractivity contribution in [1.82, 2.24) is 4.90 Å². The number of rotatable bonds is 5. The van der Waals surface area contributed by atoms with E-state index in [1.807, 2.05) is 12.1 Å². The molecule has 1 unspecified atom stereocenters. The summed E-state index contributed by atoms with van der Waals surface area (Å²) >= 11 is 0. The fourth-order valence-corrected chi connectivity index (χ4v) is 2.73. The minimum Gasteiger partial charge on any atom is -0.396 e. The molecule has 2 N–H and O–H groups in total. The van der Waals surface area contributed by atoms with Crippen LogP contribution in [0.3, 0.4) is 0 Å². The molecule has 1 saturated heterocycles. The summed E-state index contributed by atoms with van der Waals surface area (Å²) in [6, 6.07) is 8.69. The summed E-state index contributed by atoms with van der Waals surface area (Å²) < 4.78 is 0. The van der Waals surface area contributed by atoms with Crippen LogP contribution >= 0.6 is 0 Å². The molecule has 0 saturated carbocycles. The van der Waals surface area contributed by atoms with Gasteiger partial charge >= 0.3 is 0 Å². The van der Waals surface area contributed by atoms with Gasteiger partial charge in [0.2, 0.25) is 0 Å². The molecule has 0 aromatic heterocycles. The summed E-state index contributed by atoms with van der Waals surface area (Å²) in [7, 11) is 0. The molecular weight excluding hydrogens is 226 g/mol. The molecule has 0 bridgehead atoms. The van der Waals surface area contributed by atoms with Crippen LogP contribution < -0.4 is 0 Å². The average Bonchev–Trinajstić information content (AvgIpc) is 2.42. The van der Waals surface area contributed by atoms with Gasteiger partial charge in [0.25, 0.3) is 0 Å². The van der Waals surface area contributed by atoms with E-state index >= 15 is 0 Å². The maximum atomic E-state index is 9.12. The van der Waals surface area contributed by atoms with Gasteiger partial charge < -0.3 is 10.2 Å². The highest BCUT2D eigenvalue weighted by molar-refractivity contribution is 5.22. The van der Waals surface area contributed by atoms with Gasteiger partial charge in [-0.25, -0.2) is 0 Å². The predicted molar refractivity (Wildman–Crippen MR) is 72.1 cm³/mol. The highest BCUT2D eigenvalue weighted by atomic mass is 16.3. The zero-order chi connectivity index (χ0) is 12.8. The van der Waals surface area contributed by atoms with Crippen molar-refractivity contribution < 1.29 is 10.2 Å². The third kappa shape index (κ3) is 3.55. The second-order valence-corrected chi connectivity index (χ2v) is 5.11. The monoisotopic (exact) mass is 249 g/mol. The van der Waals surface area contributed by atoms with Crippen molar-refractivity contribution in [2.24, 2.45) is 0 Å². The number of nitrogens with zero attached hydrogens (tertiary/aromatic N) is 1. The van der Waals surface area contributed by atoms with Gasteiger partial charge in [0, 0.05) is 19.2 Å². The molecule has 1 atom stereocenters. The van der Waals surface area contributed by atoms with Gasteiger partial charge in [-0.1, -0.05) is 30.7 Å². The Labute approximate surface area is 109 Å². The Morgan fingerprint density at radius 1 is 1.06 bits per heavy atom. The van der Waals surface area contributed by atoms with Crippen LogP contribution in [0.5, 0.6) is 0 Å². The van der Waals surface area contributed by atoms with Gasteiger partial charge in [0.15, 0.2) is 0 Å². The molecule has 1 aromatic rings. The highest BCUT2D eigenvalue weighted by Gasteiger charge is 2.21. The fourth-order valence-electron chi connectivity index (χ4n) is 2.73. The third-order valence-corrected chi connectivity index (χ3v) is 3.80. The molecule has 0 radical (unpaired) electrons. The van der Waals surface area contributed by atoms with Crippen molar-refractivity contribution >= 4 is 0 Å². The molecule has 1 aliphatic heterocycles. The molecule has 3 heteroatoms. The van der Waals surface area contributed by atoms with E-state index in [9.17, 15) is 0 Å². The molecule has 2 rings (SSSR count). The quantitative estimate of drug-likeness (QED) is 0.838. The van der Waals surface area contributed by atoms with Gasteiger partial charge in [-0.15, -0.1) is 0 Å². The molecule has 100 valence electrons. The Hall–Kier alpha value is -0.900. The molecule has 1 fully saturated rings. The van der Waals surface area contributed by atoms with Gasteiger partial charge in [-0.05, 0) is 36.9 Å². The van der Waals surface area contributed by atoms with E-state index in [1.54, 1.807) is 0 Å². The van der Waals surface area contributed by atoms with Crippen LogP contribution in [0, 0.1) is 0 Å². The van der Waals surface area contributed by atoms with Crippen LogP contribution in [0.1, 0.15) is 36.8 Å². The van der Waals surface area contributed by atoms with E-state index < -0.39 is 0 Å². The molecule has 1 aliphatic rings. The number of likely N-dealkylation sites (tertiary alicyclic amines) is 1. The third-order valence-electron chi connectivity index (χ3n) is 3.80. The lowest BCUT2D eigenvalue weighted by Gasteiger charge is -2.35. The zero-order valence-corrected chi connectivity index (χ0v) is 10.9. The highest BCUT2D eigenvalue weighted by Crippen LogP contribution is 2.21.